The number of aromatic nitrogens is 1. The average molecular weight is 343 g/mol. The summed E-state index contributed by atoms with van der Waals surface area (Å²) in [5.74, 6) is 0.383. The third-order valence-electron chi connectivity index (χ3n) is 4.77. The van der Waals surface area contributed by atoms with Crippen molar-refractivity contribution < 1.29 is 4.79 Å². The van der Waals surface area contributed by atoms with E-state index in [1.165, 1.54) is 10.9 Å². The van der Waals surface area contributed by atoms with Crippen molar-refractivity contribution >= 4 is 34.0 Å². The fourth-order valence-electron chi connectivity index (χ4n) is 3.50. The molecule has 2 N–H and O–H groups in total. The van der Waals surface area contributed by atoms with Gasteiger partial charge in [0.15, 0.2) is 0 Å². The molecular formula is C19H25N3OS. The Balaban J connectivity index is 1.86. The summed E-state index contributed by atoms with van der Waals surface area (Å²) < 4.78 is 2.30. The molecule has 1 saturated heterocycles. The number of fused-ring (bicyclic) bond motifs is 1. The summed E-state index contributed by atoms with van der Waals surface area (Å²) in [5.41, 5.74) is 7.79. The topological polar surface area (TPSA) is 51.3 Å². The second-order valence-electron chi connectivity index (χ2n) is 7.07. The second-order valence-corrected chi connectivity index (χ2v) is 7.46. The Morgan fingerprint density at radius 2 is 1.96 bits per heavy atom. The van der Waals surface area contributed by atoms with Crippen LogP contribution in [-0.2, 0) is 11.3 Å². The minimum absolute atomic E-state index is 0.00802. The molecule has 3 rings (SSSR count). The first-order chi connectivity index (χ1) is 11.5. The van der Waals surface area contributed by atoms with Gasteiger partial charge in [-0.2, -0.15) is 0 Å². The van der Waals surface area contributed by atoms with Crippen LogP contribution in [-0.4, -0.2) is 33.5 Å². The molecule has 4 nitrogen and oxygen atoms in total. The summed E-state index contributed by atoms with van der Waals surface area (Å²) in [6.45, 7) is 7.03. The van der Waals surface area contributed by atoms with Gasteiger partial charge < -0.3 is 15.2 Å². The molecule has 1 aliphatic rings. The van der Waals surface area contributed by atoms with Crippen molar-refractivity contribution in [3.63, 3.8) is 0 Å². The molecule has 128 valence electrons. The summed E-state index contributed by atoms with van der Waals surface area (Å²) in [6.07, 6.45) is 3.77. The van der Waals surface area contributed by atoms with Crippen molar-refractivity contribution in [2.75, 3.05) is 13.1 Å². The minimum atomic E-state index is -0.186. The maximum atomic E-state index is 11.3. The molecule has 0 unspecified atom stereocenters. The predicted molar refractivity (Wildman–Crippen MR) is 102 cm³/mol. The standard InChI is InChI=1S/C19H25N3OS/c1-13(2)11-22-12-16(15-5-3-4-6-17(15)22)19(24)21-9-7-14(8-10-21)18(20)23/h3-6,12-14H,7-11H2,1-2H3,(H2,20,23). The predicted octanol–water partition coefficient (Wildman–Crippen LogP) is 3.17. The van der Waals surface area contributed by atoms with E-state index in [0.717, 1.165) is 43.0 Å². The third-order valence-corrected chi connectivity index (χ3v) is 5.24. The van der Waals surface area contributed by atoms with Crippen LogP contribution in [0.25, 0.3) is 10.9 Å². The first kappa shape index (κ1) is 17.0. The van der Waals surface area contributed by atoms with Gasteiger partial charge >= 0.3 is 0 Å². The Morgan fingerprint density at radius 1 is 1.29 bits per heavy atom. The molecule has 5 heteroatoms. The second kappa shape index (κ2) is 6.93. The van der Waals surface area contributed by atoms with E-state index in [1.807, 2.05) is 0 Å². The summed E-state index contributed by atoms with van der Waals surface area (Å²) in [4.78, 5) is 14.5. The largest absolute Gasteiger partial charge is 0.369 e. The summed E-state index contributed by atoms with van der Waals surface area (Å²) in [5, 5.41) is 1.21. The van der Waals surface area contributed by atoms with Crippen molar-refractivity contribution in [1.29, 1.82) is 0 Å². The van der Waals surface area contributed by atoms with Gasteiger partial charge in [-0.1, -0.05) is 44.3 Å². The van der Waals surface area contributed by atoms with Crippen LogP contribution < -0.4 is 5.73 Å². The number of nitrogens with zero attached hydrogens (tertiary/aromatic N) is 2. The van der Waals surface area contributed by atoms with Crippen LogP contribution in [0.4, 0.5) is 0 Å². The molecule has 1 amide bonds. The number of hydrogen-bond donors (Lipinski definition) is 1. The van der Waals surface area contributed by atoms with Gasteiger partial charge in [0.2, 0.25) is 5.91 Å². The molecule has 24 heavy (non-hydrogen) atoms. The number of carbonyl (C=O) groups excluding carboxylic acids is 1. The van der Waals surface area contributed by atoms with Crippen LogP contribution in [0.2, 0.25) is 0 Å². The number of para-hydroxylation sites is 1. The molecular weight excluding hydrogens is 318 g/mol. The van der Waals surface area contributed by atoms with Crippen molar-refractivity contribution in [3.8, 4) is 0 Å². The van der Waals surface area contributed by atoms with Crippen LogP contribution in [0.1, 0.15) is 32.3 Å². The normalized spacial score (nSPS) is 16.0. The maximum absolute atomic E-state index is 11.3. The van der Waals surface area contributed by atoms with Crippen LogP contribution >= 0.6 is 12.2 Å². The highest BCUT2D eigenvalue weighted by Crippen LogP contribution is 2.26. The van der Waals surface area contributed by atoms with Gasteiger partial charge in [0.25, 0.3) is 0 Å². The zero-order valence-electron chi connectivity index (χ0n) is 14.4. The number of carbonyl (C=O) groups is 1. The van der Waals surface area contributed by atoms with Crippen LogP contribution in [0.15, 0.2) is 30.5 Å². The summed E-state index contributed by atoms with van der Waals surface area (Å²) >= 11 is 5.80. The number of piperidine rings is 1. The number of rotatable bonds is 4. The molecule has 0 spiro atoms. The molecule has 2 heterocycles. The van der Waals surface area contributed by atoms with E-state index in [4.69, 9.17) is 18.0 Å². The van der Waals surface area contributed by atoms with Crippen LogP contribution in [0.3, 0.4) is 0 Å². The lowest BCUT2D eigenvalue weighted by molar-refractivity contribution is -0.122. The molecule has 2 aromatic rings. The molecule has 1 fully saturated rings. The van der Waals surface area contributed by atoms with Crippen molar-refractivity contribution in [3.05, 3.63) is 36.0 Å². The number of amides is 1. The van der Waals surface area contributed by atoms with E-state index in [0.29, 0.717) is 5.92 Å². The highest BCUT2D eigenvalue weighted by Gasteiger charge is 2.26. The molecule has 1 aliphatic heterocycles. The van der Waals surface area contributed by atoms with Crippen LogP contribution in [0, 0.1) is 11.8 Å². The van der Waals surface area contributed by atoms with E-state index < -0.39 is 0 Å². The SMILES string of the molecule is CC(C)Cn1cc(C(=S)N2CCC(C(N)=O)CC2)c2ccccc21. The van der Waals surface area contributed by atoms with Crippen molar-refractivity contribution in [1.82, 2.24) is 9.47 Å². The molecule has 0 bridgehead atoms. The molecule has 1 aromatic heterocycles. The number of thiocarbonyl (C=S) groups is 1. The number of nitrogens with two attached hydrogens (primary N) is 1. The lowest BCUT2D eigenvalue weighted by Gasteiger charge is -2.32. The lowest BCUT2D eigenvalue weighted by atomic mass is 9.96. The Kier molecular flexibility index (Phi) is 4.90. The first-order valence-corrected chi connectivity index (χ1v) is 9.04. The average Bonchev–Trinajstić information content (AvgIpc) is 2.92. The summed E-state index contributed by atoms with van der Waals surface area (Å²) in [7, 11) is 0. The Bertz CT molecular complexity index is 757. The molecule has 0 aliphatic carbocycles. The van der Waals surface area contributed by atoms with Gasteiger partial charge in [0, 0.05) is 48.2 Å². The Morgan fingerprint density at radius 3 is 2.58 bits per heavy atom. The van der Waals surface area contributed by atoms with E-state index in [1.54, 1.807) is 0 Å². The molecule has 0 saturated carbocycles. The Labute approximate surface area is 148 Å². The van der Waals surface area contributed by atoms with Crippen molar-refractivity contribution in [2.45, 2.75) is 33.2 Å². The third kappa shape index (κ3) is 3.31. The maximum Gasteiger partial charge on any atom is 0.220 e. The van der Waals surface area contributed by atoms with Gasteiger partial charge in [-0.25, -0.2) is 0 Å². The minimum Gasteiger partial charge on any atom is -0.369 e. The molecule has 0 atom stereocenters. The van der Waals surface area contributed by atoms with Gasteiger partial charge in [-0.05, 0) is 24.8 Å². The highest BCUT2D eigenvalue weighted by molar-refractivity contribution is 7.80. The van der Waals surface area contributed by atoms with E-state index >= 15 is 0 Å². The van der Waals surface area contributed by atoms with Gasteiger partial charge in [0.1, 0.15) is 4.99 Å². The van der Waals surface area contributed by atoms with E-state index in [2.05, 4.69) is 53.8 Å². The van der Waals surface area contributed by atoms with E-state index in [-0.39, 0.29) is 11.8 Å². The van der Waals surface area contributed by atoms with Crippen LogP contribution in [0.5, 0.6) is 0 Å². The molecule has 1 aromatic carbocycles. The zero-order chi connectivity index (χ0) is 17.3. The number of primary amides is 1. The Hall–Kier alpha value is -1.88. The fourth-order valence-corrected chi connectivity index (χ4v) is 3.84. The monoisotopic (exact) mass is 343 g/mol. The van der Waals surface area contributed by atoms with Gasteiger partial charge in [-0.15, -0.1) is 0 Å². The fraction of sp³-hybridized carbons (Fsp3) is 0.474. The number of hydrogen-bond acceptors (Lipinski definition) is 2. The summed E-state index contributed by atoms with van der Waals surface area (Å²) in [6, 6.07) is 8.44. The number of likely N-dealkylation sites (tertiary alicyclic amines) is 1. The van der Waals surface area contributed by atoms with E-state index in [9.17, 15) is 4.79 Å². The molecule has 0 radical (unpaired) electrons. The zero-order valence-corrected chi connectivity index (χ0v) is 15.2. The smallest absolute Gasteiger partial charge is 0.220 e. The van der Waals surface area contributed by atoms with Crippen molar-refractivity contribution in [2.24, 2.45) is 17.6 Å². The number of benzene rings is 1. The first-order valence-electron chi connectivity index (χ1n) is 8.64. The highest BCUT2D eigenvalue weighted by atomic mass is 32.1. The van der Waals surface area contributed by atoms with Gasteiger partial charge in [-0.3, -0.25) is 4.79 Å². The quantitative estimate of drug-likeness (QED) is 0.868. The van der Waals surface area contributed by atoms with Gasteiger partial charge in [0.05, 0.1) is 0 Å². The lowest BCUT2D eigenvalue weighted by Crippen LogP contribution is -2.41.